The van der Waals surface area contributed by atoms with Crippen molar-refractivity contribution < 1.29 is 13.9 Å². The number of nitrogens with zero attached hydrogens (tertiary/aromatic N) is 1. The van der Waals surface area contributed by atoms with Crippen molar-refractivity contribution >= 4 is 5.97 Å². The number of ether oxygens (including phenoxy) is 1. The van der Waals surface area contributed by atoms with E-state index >= 15 is 0 Å². The number of halogens is 1. The third-order valence-corrected chi connectivity index (χ3v) is 3.08. The summed E-state index contributed by atoms with van der Waals surface area (Å²) in [5.41, 5.74) is 2.22. The number of cyclic esters (lactones) is 1. The van der Waals surface area contributed by atoms with Gasteiger partial charge in [-0.2, -0.15) is 5.26 Å². The number of esters is 1. The molecule has 0 saturated heterocycles. The minimum Gasteiger partial charge on any atom is -0.449 e. The summed E-state index contributed by atoms with van der Waals surface area (Å²) in [5, 5.41) is 8.82. The molecule has 0 bridgehead atoms. The second-order valence-electron chi connectivity index (χ2n) is 4.25. The highest BCUT2D eigenvalue weighted by molar-refractivity contribution is 5.95. The molecule has 0 fully saturated rings. The zero-order chi connectivity index (χ0) is 13.4. The molecule has 0 amide bonds. The summed E-state index contributed by atoms with van der Waals surface area (Å²) in [4.78, 5) is 11.8. The molecule has 92 valence electrons. The Kier molecular flexibility index (Phi) is 2.53. The van der Waals surface area contributed by atoms with Crippen LogP contribution in [-0.2, 0) is 4.74 Å². The van der Waals surface area contributed by atoms with Gasteiger partial charge in [0.15, 0.2) is 6.10 Å². The van der Waals surface area contributed by atoms with E-state index in [1.165, 1.54) is 18.2 Å². The smallest absolute Gasteiger partial charge is 0.339 e. The van der Waals surface area contributed by atoms with Crippen molar-refractivity contribution in [1.82, 2.24) is 0 Å². The number of fused-ring (bicyclic) bond motifs is 1. The lowest BCUT2D eigenvalue weighted by Crippen LogP contribution is -2.00. The summed E-state index contributed by atoms with van der Waals surface area (Å²) in [6.45, 7) is 0. The third kappa shape index (κ3) is 1.85. The van der Waals surface area contributed by atoms with E-state index in [1.807, 2.05) is 6.07 Å². The highest BCUT2D eigenvalue weighted by atomic mass is 19.1. The van der Waals surface area contributed by atoms with Crippen LogP contribution in [0.5, 0.6) is 0 Å². The fourth-order valence-electron chi connectivity index (χ4n) is 2.15. The minimum atomic E-state index is -0.532. The summed E-state index contributed by atoms with van der Waals surface area (Å²) in [7, 11) is 0. The molecule has 1 heterocycles. The van der Waals surface area contributed by atoms with Gasteiger partial charge in [-0.15, -0.1) is 0 Å². The number of carbonyl (C=O) groups excluding carboxylic acids is 1. The molecule has 3 rings (SSSR count). The number of benzene rings is 2. The normalized spacial score (nSPS) is 16.6. The molecule has 0 aliphatic carbocycles. The molecule has 0 unspecified atom stereocenters. The van der Waals surface area contributed by atoms with Crippen LogP contribution < -0.4 is 0 Å². The van der Waals surface area contributed by atoms with Crippen molar-refractivity contribution in [3.05, 3.63) is 70.5 Å². The molecule has 0 saturated carbocycles. The number of hydrogen-bond donors (Lipinski definition) is 0. The Morgan fingerprint density at radius 2 is 1.89 bits per heavy atom. The fourth-order valence-corrected chi connectivity index (χ4v) is 2.15. The summed E-state index contributed by atoms with van der Waals surface area (Å²) >= 11 is 0. The van der Waals surface area contributed by atoms with Gasteiger partial charge in [0, 0.05) is 5.56 Å². The topological polar surface area (TPSA) is 50.1 Å². The van der Waals surface area contributed by atoms with Crippen molar-refractivity contribution in [3.63, 3.8) is 0 Å². The van der Waals surface area contributed by atoms with Gasteiger partial charge < -0.3 is 4.74 Å². The van der Waals surface area contributed by atoms with Crippen LogP contribution in [0.4, 0.5) is 4.39 Å². The van der Waals surface area contributed by atoms with E-state index in [-0.39, 0.29) is 5.82 Å². The predicted molar refractivity (Wildman–Crippen MR) is 64.8 cm³/mol. The molecule has 3 nitrogen and oxygen atoms in total. The lowest BCUT2D eigenvalue weighted by atomic mass is 9.98. The third-order valence-electron chi connectivity index (χ3n) is 3.08. The lowest BCUT2D eigenvalue weighted by Gasteiger charge is -2.10. The Bertz CT molecular complexity index is 701. The van der Waals surface area contributed by atoms with Crippen LogP contribution in [0.15, 0.2) is 42.5 Å². The molecule has 2 aromatic rings. The van der Waals surface area contributed by atoms with E-state index in [2.05, 4.69) is 0 Å². The Labute approximate surface area is 108 Å². The monoisotopic (exact) mass is 253 g/mol. The molecule has 4 heteroatoms. The molecule has 1 aliphatic heterocycles. The molecular weight excluding hydrogens is 245 g/mol. The average Bonchev–Trinajstić information content (AvgIpc) is 2.76. The minimum absolute atomic E-state index is 0.340. The molecule has 0 N–H and O–H groups in total. The molecule has 0 aromatic heterocycles. The van der Waals surface area contributed by atoms with Crippen LogP contribution in [0.25, 0.3) is 0 Å². The van der Waals surface area contributed by atoms with E-state index in [0.29, 0.717) is 22.3 Å². The van der Waals surface area contributed by atoms with Gasteiger partial charge in [0.05, 0.1) is 17.2 Å². The molecule has 1 aliphatic rings. The van der Waals surface area contributed by atoms with Crippen LogP contribution in [0.2, 0.25) is 0 Å². The van der Waals surface area contributed by atoms with E-state index < -0.39 is 12.1 Å². The summed E-state index contributed by atoms with van der Waals surface area (Å²) in [6.07, 6.45) is -0.532. The molecule has 0 radical (unpaired) electrons. The van der Waals surface area contributed by atoms with Crippen molar-refractivity contribution in [2.45, 2.75) is 6.10 Å². The highest BCUT2D eigenvalue weighted by Gasteiger charge is 2.32. The van der Waals surface area contributed by atoms with Crippen molar-refractivity contribution in [1.29, 1.82) is 5.26 Å². The predicted octanol–water partition coefficient (Wildman–Crippen LogP) is 2.96. The zero-order valence-corrected chi connectivity index (χ0v) is 9.76. The number of hydrogen-bond acceptors (Lipinski definition) is 3. The Hall–Kier alpha value is -2.67. The number of nitriles is 1. The van der Waals surface area contributed by atoms with Gasteiger partial charge in [-0.1, -0.05) is 18.2 Å². The fraction of sp³-hybridized carbons (Fsp3) is 0.0667. The maximum atomic E-state index is 12.9. The van der Waals surface area contributed by atoms with Gasteiger partial charge >= 0.3 is 5.97 Å². The summed E-state index contributed by atoms with van der Waals surface area (Å²) < 4.78 is 18.2. The van der Waals surface area contributed by atoms with Gasteiger partial charge in [0.25, 0.3) is 0 Å². The Morgan fingerprint density at radius 1 is 1.16 bits per heavy atom. The molecule has 0 spiro atoms. The molecular formula is C15H8FNO2. The first-order chi connectivity index (χ1) is 9.19. The summed E-state index contributed by atoms with van der Waals surface area (Å²) in [5.74, 6) is -0.797. The largest absolute Gasteiger partial charge is 0.449 e. The number of carbonyl (C=O) groups is 1. The Morgan fingerprint density at radius 3 is 2.58 bits per heavy atom. The Balaban J connectivity index is 2.07. The second-order valence-corrected chi connectivity index (χ2v) is 4.25. The van der Waals surface area contributed by atoms with Gasteiger partial charge in [-0.25, -0.2) is 9.18 Å². The lowest BCUT2D eigenvalue weighted by molar-refractivity contribution is 0.0456. The van der Waals surface area contributed by atoms with Crippen LogP contribution >= 0.6 is 0 Å². The highest BCUT2D eigenvalue weighted by Crippen LogP contribution is 2.36. The quantitative estimate of drug-likeness (QED) is 0.734. The van der Waals surface area contributed by atoms with Crippen LogP contribution in [0.1, 0.15) is 33.2 Å². The van der Waals surface area contributed by atoms with E-state index in [0.717, 1.165) is 0 Å². The van der Waals surface area contributed by atoms with Gasteiger partial charge in [-0.3, -0.25) is 0 Å². The zero-order valence-electron chi connectivity index (χ0n) is 9.76. The van der Waals surface area contributed by atoms with Gasteiger partial charge in [0.1, 0.15) is 5.82 Å². The SMILES string of the molecule is N#Cc1ccc2c(c1)C(=O)O[C@@H]2c1ccc(F)cc1. The first-order valence-electron chi connectivity index (χ1n) is 5.69. The van der Waals surface area contributed by atoms with Crippen molar-refractivity contribution in [2.75, 3.05) is 0 Å². The number of rotatable bonds is 1. The van der Waals surface area contributed by atoms with E-state index in [4.69, 9.17) is 10.00 Å². The maximum Gasteiger partial charge on any atom is 0.339 e. The van der Waals surface area contributed by atoms with Gasteiger partial charge in [0.2, 0.25) is 0 Å². The summed E-state index contributed by atoms with van der Waals surface area (Å²) in [6, 6.07) is 12.7. The molecule has 19 heavy (non-hydrogen) atoms. The van der Waals surface area contributed by atoms with Crippen molar-refractivity contribution in [3.8, 4) is 6.07 Å². The van der Waals surface area contributed by atoms with Crippen LogP contribution in [0, 0.1) is 17.1 Å². The van der Waals surface area contributed by atoms with Crippen LogP contribution in [0.3, 0.4) is 0 Å². The molecule has 1 atom stereocenters. The van der Waals surface area contributed by atoms with E-state index in [9.17, 15) is 9.18 Å². The first kappa shape index (κ1) is 11.4. The van der Waals surface area contributed by atoms with Crippen LogP contribution in [-0.4, -0.2) is 5.97 Å². The first-order valence-corrected chi connectivity index (χ1v) is 5.69. The average molecular weight is 253 g/mol. The standard InChI is InChI=1S/C15H8FNO2/c16-11-4-2-10(3-5-11)14-12-6-1-9(8-17)7-13(12)15(18)19-14/h1-7,14H/t14-/m1/s1. The second kappa shape index (κ2) is 4.21. The molecule has 2 aromatic carbocycles. The van der Waals surface area contributed by atoms with Gasteiger partial charge in [-0.05, 0) is 29.8 Å². The van der Waals surface area contributed by atoms with E-state index in [1.54, 1.807) is 24.3 Å². The maximum absolute atomic E-state index is 12.9. The van der Waals surface area contributed by atoms with Crippen molar-refractivity contribution in [2.24, 2.45) is 0 Å².